The van der Waals surface area contributed by atoms with E-state index in [0.717, 1.165) is 29.9 Å². The molecule has 0 radical (unpaired) electrons. The first-order valence-electron chi connectivity index (χ1n) is 6.60. The number of benzene rings is 1. The van der Waals surface area contributed by atoms with Crippen molar-refractivity contribution in [2.24, 2.45) is 5.92 Å². The maximum Gasteiger partial charge on any atom is 0.101 e. The fourth-order valence-electron chi connectivity index (χ4n) is 2.87. The van der Waals surface area contributed by atoms with Crippen LogP contribution in [0.5, 0.6) is 0 Å². The van der Waals surface area contributed by atoms with Gasteiger partial charge in [-0.3, -0.25) is 0 Å². The molecule has 1 aromatic rings. The number of hydrogen-bond acceptors (Lipinski definition) is 3. The summed E-state index contributed by atoms with van der Waals surface area (Å²) in [4.78, 5) is 2.37. The van der Waals surface area contributed by atoms with Gasteiger partial charge in [0.1, 0.15) is 6.07 Å². The van der Waals surface area contributed by atoms with Crippen molar-refractivity contribution >= 4 is 5.69 Å². The third-order valence-electron chi connectivity index (χ3n) is 3.66. The van der Waals surface area contributed by atoms with Crippen LogP contribution in [0, 0.1) is 17.2 Å². The molecular formula is C15H21N3. The standard InChI is InChI=1S/C15H21N3/c1-11-6-12(2)18(10-11)15-5-4-13(9-17-3)7-14(15)8-16/h4-5,7,11-12,17H,6,9-10H2,1-3H3. The Labute approximate surface area is 109 Å². The second-order valence-corrected chi connectivity index (χ2v) is 5.34. The Balaban J connectivity index is 2.31. The van der Waals surface area contributed by atoms with Gasteiger partial charge in [0, 0.05) is 19.1 Å². The first kappa shape index (κ1) is 12.9. The van der Waals surface area contributed by atoms with E-state index in [4.69, 9.17) is 0 Å². The van der Waals surface area contributed by atoms with Gasteiger partial charge in [0.05, 0.1) is 11.3 Å². The molecule has 3 heteroatoms. The van der Waals surface area contributed by atoms with Gasteiger partial charge >= 0.3 is 0 Å². The third kappa shape index (κ3) is 2.49. The highest BCUT2D eigenvalue weighted by atomic mass is 15.2. The molecule has 2 unspecified atom stereocenters. The zero-order valence-electron chi connectivity index (χ0n) is 11.4. The summed E-state index contributed by atoms with van der Waals surface area (Å²) in [6.07, 6.45) is 1.21. The number of nitriles is 1. The Bertz CT molecular complexity index is 461. The molecule has 1 saturated heterocycles. The lowest BCUT2D eigenvalue weighted by atomic mass is 10.1. The normalized spacial score (nSPS) is 23.1. The average molecular weight is 243 g/mol. The van der Waals surface area contributed by atoms with Crippen molar-refractivity contribution in [3.05, 3.63) is 29.3 Å². The first-order chi connectivity index (χ1) is 8.65. The van der Waals surface area contributed by atoms with Gasteiger partial charge in [0.25, 0.3) is 0 Å². The van der Waals surface area contributed by atoms with Crippen molar-refractivity contribution in [3.8, 4) is 6.07 Å². The highest BCUT2D eigenvalue weighted by Gasteiger charge is 2.27. The van der Waals surface area contributed by atoms with Crippen molar-refractivity contribution in [1.82, 2.24) is 5.32 Å². The number of rotatable bonds is 3. The van der Waals surface area contributed by atoms with Crippen LogP contribution in [0.15, 0.2) is 18.2 Å². The van der Waals surface area contributed by atoms with E-state index in [9.17, 15) is 5.26 Å². The SMILES string of the molecule is CNCc1ccc(N2CC(C)CC2C)c(C#N)c1. The summed E-state index contributed by atoms with van der Waals surface area (Å²) >= 11 is 0. The number of hydrogen-bond donors (Lipinski definition) is 1. The molecule has 18 heavy (non-hydrogen) atoms. The van der Waals surface area contributed by atoms with Crippen LogP contribution in [0.1, 0.15) is 31.4 Å². The number of nitrogens with one attached hydrogen (secondary N) is 1. The fraction of sp³-hybridized carbons (Fsp3) is 0.533. The van der Waals surface area contributed by atoms with Gasteiger partial charge in [0.15, 0.2) is 0 Å². The second kappa shape index (κ2) is 5.41. The minimum absolute atomic E-state index is 0.530. The summed E-state index contributed by atoms with van der Waals surface area (Å²) in [6, 6.07) is 9.08. The zero-order valence-corrected chi connectivity index (χ0v) is 11.4. The first-order valence-corrected chi connectivity index (χ1v) is 6.60. The van der Waals surface area contributed by atoms with E-state index in [1.165, 1.54) is 6.42 Å². The van der Waals surface area contributed by atoms with Crippen molar-refractivity contribution < 1.29 is 0 Å². The van der Waals surface area contributed by atoms with Gasteiger partial charge in [-0.05, 0) is 44.0 Å². The molecule has 1 heterocycles. The van der Waals surface area contributed by atoms with E-state index >= 15 is 0 Å². The van der Waals surface area contributed by atoms with Crippen LogP contribution in [0.4, 0.5) is 5.69 Å². The largest absolute Gasteiger partial charge is 0.367 e. The van der Waals surface area contributed by atoms with Crippen LogP contribution >= 0.6 is 0 Å². The summed E-state index contributed by atoms with van der Waals surface area (Å²) in [5, 5.41) is 12.4. The van der Waals surface area contributed by atoms with E-state index in [2.05, 4.69) is 42.3 Å². The monoisotopic (exact) mass is 243 g/mol. The van der Waals surface area contributed by atoms with Crippen LogP contribution in [0.25, 0.3) is 0 Å². The quantitative estimate of drug-likeness (QED) is 0.886. The topological polar surface area (TPSA) is 39.1 Å². The molecule has 3 nitrogen and oxygen atoms in total. The van der Waals surface area contributed by atoms with Gasteiger partial charge in [-0.25, -0.2) is 0 Å². The Hall–Kier alpha value is -1.53. The maximum absolute atomic E-state index is 9.33. The number of anilines is 1. The fourth-order valence-corrected chi connectivity index (χ4v) is 2.87. The van der Waals surface area contributed by atoms with Crippen molar-refractivity contribution in [2.45, 2.75) is 32.9 Å². The van der Waals surface area contributed by atoms with Gasteiger partial charge in [0.2, 0.25) is 0 Å². The van der Waals surface area contributed by atoms with Crippen LogP contribution in [-0.4, -0.2) is 19.6 Å². The highest BCUT2D eigenvalue weighted by Crippen LogP contribution is 2.31. The van der Waals surface area contributed by atoms with Crippen molar-refractivity contribution in [3.63, 3.8) is 0 Å². The Morgan fingerprint density at radius 2 is 2.22 bits per heavy atom. The Kier molecular flexibility index (Phi) is 3.88. The molecule has 0 aromatic heterocycles. The van der Waals surface area contributed by atoms with Gasteiger partial charge in [-0.2, -0.15) is 5.26 Å². The molecule has 0 amide bonds. The molecule has 0 bridgehead atoms. The predicted octanol–water partition coefficient (Wildman–Crippen LogP) is 2.51. The molecule has 0 spiro atoms. The van der Waals surface area contributed by atoms with E-state index in [1.807, 2.05) is 13.1 Å². The Morgan fingerprint density at radius 1 is 1.44 bits per heavy atom. The Morgan fingerprint density at radius 3 is 2.78 bits per heavy atom. The molecule has 2 atom stereocenters. The van der Waals surface area contributed by atoms with Crippen LogP contribution in [0.3, 0.4) is 0 Å². The molecule has 1 aliphatic rings. The molecule has 1 aromatic carbocycles. The van der Waals surface area contributed by atoms with E-state index in [0.29, 0.717) is 12.0 Å². The molecule has 96 valence electrons. The molecule has 0 aliphatic carbocycles. The lowest BCUT2D eigenvalue weighted by Crippen LogP contribution is -2.27. The third-order valence-corrected chi connectivity index (χ3v) is 3.66. The summed E-state index contributed by atoms with van der Waals surface area (Å²) < 4.78 is 0. The number of nitrogens with zero attached hydrogens (tertiary/aromatic N) is 2. The molecule has 1 aliphatic heterocycles. The summed E-state index contributed by atoms with van der Waals surface area (Å²) in [7, 11) is 1.92. The average Bonchev–Trinajstić information content (AvgIpc) is 2.68. The summed E-state index contributed by atoms with van der Waals surface area (Å²) in [5.74, 6) is 0.712. The minimum Gasteiger partial charge on any atom is -0.367 e. The lowest BCUT2D eigenvalue weighted by molar-refractivity contribution is 0.625. The van der Waals surface area contributed by atoms with Gasteiger partial charge in [-0.1, -0.05) is 13.0 Å². The van der Waals surface area contributed by atoms with Crippen LogP contribution < -0.4 is 10.2 Å². The highest BCUT2D eigenvalue weighted by molar-refractivity contribution is 5.61. The molecular weight excluding hydrogens is 222 g/mol. The smallest absolute Gasteiger partial charge is 0.101 e. The zero-order chi connectivity index (χ0) is 13.1. The molecule has 2 rings (SSSR count). The lowest BCUT2D eigenvalue weighted by Gasteiger charge is -2.25. The van der Waals surface area contributed by atoms with Crippen molar-refractivity contribution in [1.29, 1.82) is 5.26 Å². The summed E-state index contributed by atoms with van der Waals surface area (Å²) in [6.45, 7) is 6.38. The van der Waals surface area contributed by atoms with Gasteiger partial charge < -0.3 is 10.2 Å². The van der Waals surface area contributed by atoms with Gasteiger partial charge in [-0.15, -0.1) is 0 Å². The van der Waals surface area contributed by atoms with Crippen molar-refractivity contribution in [2.75, 3.05) is 18.5 Å². The van der Waals surface area contributed by atoms with E-state index in [-0.39, 0.29) is 0 Å². The summed E-state index contributed by atoms with van der Waals surface area (Å²) in [5.41, 5.74) is 3.05. The van der Waals surface area contributed by atoms with Crippen LogP contribution in [-0.2, 0) is 6.54 Å². The van der Waals surface area contributed by atoms with E-state index in [1.54, 1.807) is 0 Å². The van der Waals surface area contributed by atoms with Crippen LogP contribution in [0.2, 0.25) is 0 Å². The maximum atomic E-state index is 9.33. The second-order valence-electron chi connectivity index (χ2n) is 5.34. The predicted molar refractivity (Wildman–Crippen MR) is 74.5 cm³/mol. The van der Waals surface area contributed by atoms with E-state index < -0.39 is 0 Å². The molecule has 0 saturated carbocycles. The molecule has 1 fully saturated rings. The minimum atomic E-state index is 0.530. The molecule has 1 N–H and O–H groups in total.